The highest BCUT2D eigenvalue weighted by atomic mass is 16.5. The van der Waals surface area contributed by atoms with E-state index in [0.717, 1.165) is 23.7 Å². The zero-order valence-electron chi connectivity index (χ0n) is 11.3. The van der Waals surface area contributed by atoms with E-state index in [1.807, 2.05) is 24.3 Å². The summed E-state index contributed by atoms with van der Waals surface area (Å²) in [6, 6.07) is 8.04. The number of nitrogens with two attached hydrogens (primary N) is 1. The van der Waals surface area contributed by atoms with Crippen molar-refractivity contribution in [2.45, 2.75) is 20.3 Å². The summed E-state index contributed by atoms with van der Waals surface area (Å²) in [5.74, 6) is 2.20. The van der Waals surface area contributed by atoms with Crippen LogP contribution < -0.4 is 10.5 Å². The van der Waals surface area contributed by atoms with Crippen LogP contribution in [0, 0.1) is 5.92 Å². The van der Waals surface area contributed by atoms with Gasteiger partial charge in [0.2, 0.25) is 0 Å². The van der Waals surface area contributed by atoms with Gasteiger partial charge in [0.25, 0.3) is 0 Å². The SMILES string of the molecule is CC(C)COc1ccc(Cc2ncc(N)cn2)cc1. The van der Waals surface area contributed by atoms with Gasteiger partial charge >= 0.3 is 0 Å². The Bertz CT molecular complexity index is 506. The van der Waals surface area contributed by atoms with Crippen molar-refractivity contribution < 1.29 is 4.74 Å². The van der Waals surface area contributed by atoms with Gasteiger partial charge in [-0.05, 0) is 23.6 Å². The van der Waals surface area contributed by atoms with Crippen molar-refractivity contribution in [3.8, 4) is 5.75 Å². The molecule has 19 heavy (non-hydrogen) atoms. The van der Waals surface area contributed by atoms with Gasteiger partial charge in [-0.1, -0.05) is 26.0 Å². The van der Waals surface area contributed by atoms with Crippen LogP contribution in [0.2, 0.25) is 0 Å². The largest absolute Gasteiger partial charge is 0.493 e. The highest BCUT2D eigenvalue weighted by Gasteiger charge is 2.01. The maximum absolute atomic E-state index is 5.64. The summed E-state index contributed by atoms with van der Waals surface area (Å²) in [6.07, 6.45) is 3.95. The minimum atomic E-state index is 0.530. The van der Waals surface area contributed by atoms with E-state index >= 15 is 0 Å². The Hall–Kier alpha value is -2.10. The molecule has 2 rings (SSSR count). The van der Waals surface area contributed by atoms with Crippen molar-refractivity contribution in [2.75, 3.05) is 12.3 Å². The first-order chi connectivity index (χ1) is 9.13. The van der Waals surface area contributed by atoms with Crippen LogP contribution >= 0.6 is 0 Å². The molecule has 0 aliphatic rings. The summed E-state index contributed by atoms with van der Waals surface area (Å²) in [6.45, 7) is 5.00. The second-order valence-corrected chi connectivity index (χ2v) is 4.96. The topological polar surface area (TPSA) is 61.0 Å². The summed E-state index contributed by atoms with van der Waals surface area (Å²) in [5, 5.41) is 0. The fourth-order valence-electron chi connectivity index (χ4n) is 1.61. The minimum absolute atomic E-state index is 0.530. The number of hydrogen-bond donors (Lipinski definition) is 1. The molecule has 4 nitrogen and oxygen atoms in total. The number of nitrogen functional groups attached to an aromatic ring is 1. The van der Waals surface area contributed by atoms with Crippen molar-refractivity contribution in [3.63, 3.8) is 0 Å². The lowest BCUT2D eigenvalue weighted by Crippen LogP contribution is -2.04. The Morgan fingerprint density at radius 1 is 1.11 bits per heavy atom. The van der Waals surface area contributed by atoms with Gasteiger partial charge in [-0.2, -0.15) is 0 Å². The molecule has 1 heterocycles. The van der Waals surface area contributed by atoms with Gasteiger partial charge in [0, 0.05) is 6.42 Å². The average molecular weight is 257 g/mol. The van der Waals surface area contributed by atoms with E-state index in [9.17, 15) is 0 Å². The number of aromatic nitrogens is 2. The van der Waals surface area contributed by atoms with Crippen LogP contribution in [0.3, 0.4) is 0 Å². The predicted octanol–water partition coefficient (Wildman–Crippen LogP) is 2.68. The molecule has 4 heteroatoms. The van der Waals surface area contributed by atoms with Crippen molar-refractivity contribution in [1.29, 1.82) is 0 Å². The second-order valence-electron chi connectivity index (χ2n) is 4.96. The Kier molecular flexibility index (Phi) is 4.34. The molecule has 0 radical (unpaired) electrons. The van der Waals surface area contributed by atoms with Gasteiger partial charge in [0.15, 0.2) is 0 Å². The number of rotatable bonds is 5. The van der Waals surface area contributed by atoms with Crippen LogP contribution in [-0.4, -0.2) is 16.6 Å². The summed E-state index contributed by atoms with van der Waals surface area (Å²) in [4.78, 5) is 8.38. The highest BCUT2D eigenvalue weighted by molar-refractivity contribution is 5.32. The molecule has 0 aliphatic carbocycles. The molecule has 2 N–H and O–H groups in total. The number of hydrogen-bond acceptors (Lipinski definition) is 4. The van der Waals surface area contributed by atoms with Gasteiger partial charge in [-0.25, -0.2) is 9.97 Å². The van der Waals surface area contributed by atoms with E-state index < -0.39 is 0 Å². The third-order valence-electron chi connectivity index (χ3n) is 2.59. The van der Waals surface area contributed by atoms with Gasteiger partial charge in [0.1, 0.15) is 11.6 Å². The Labute approximate surface area is 113 Å². The minimum Gasteiger partial charge on any atom is -0.493 e. The zero-order valence-corrected chi connectivity index (χ0v) is 11.3. The molecular weight excluding hydrogens is 238 g/mol. The summed E-state index contributed by atoms with van der Waals surface area (Å²) in [5.41, 5.74) is 7.29. The predicted molar refractivity (Wildman–Crippen MR) is 76.0 cm³/mol. The first kappa shape index (κ1) is 13.3. The molecule has 1 aromatic heterocycles. The highest BCUT2D eigenvalue weighted by Crippen LogP contribution is 2.15. The molecule has 1 aromatic carbocycles. The first-order valence-corrected chi connectivity index (χ1v) is 6.41. The van der Waals surface area contributed by atoms with Gasteiger partial charge in [-0.15, -0.1) is 0 Å². The third kappa shape index (κ3) is 4.25. The van der Waals surface area contributed by atoms with Gasteiger partial charge < -0.3 is 10.5 Å². The number of anilines is 1. The van der Waals surface area contributed by atoms with E-state index in [2.05, 4.69) is 23.8 Å². The number of nitrogens with zero attached hydrogens (tertiary/aromatic N) is 2. The normalized spacial score (nSPS) is 10.7. The smallest absolute Gasteiger partial charge is 0.132 e. The van der Waals surface area contributed by atoms with Crippen molar-refractivity contribution in [3.05, 3.63) is 48.0 Å². The van der Waals surface area contributed by atoms with E-state index in [0.29, 0.717) is 18.0 Å². The van der Waals surface area contributed by atoms with Crippen LogP contribution in [0.5, 0.6) is 5.75 Å². The molecule has 0 unspecified atom stereocenters. The van der Waals surface area contributed by atoms with Crippen LogP contribution in [0.15, 0.2) is 36.7 Å². The molecule has 0 amide bonds. The lowest BCUT2D eigenvalue weighted by molar-refractivity contribution is 0.271. The van der Waals surface area contributed by atoms with Crippen LogP contribution in [-0.2, 0) is 6.42 Å². The van der Waals surface area contributed by atoms with Crippen LogP contribution in [0.25, 0.3) is 0 Å². The fourth-order valence-corrected chi connectivity index (χ4v) is 1.61. The monoisotopic (exact) mass is 257 g/mol. The van der Waals surface area contributed by atoms with E-state index in [4.69, 9.17) is 10.5 Å². The van der Waals surface area contributed by atoms with Gasteiger partial charge in [-0.3, -0.25) is 0 Å². The summed E-state index contributed by atoms with van der Waals surface area (Å²) in [7, 11) is 0. The molecule has 100 valence electrons. The maximum Gasteiger partial charge on any atom is 0.132 e. The molecule has 0 fully saturated rings. The molecule has 0 saturated carbocycles. The Balaban J connectivity index is 1.96. The van der Waals surface area contributed by atoms with Crippen molar-refractivity contribution in [2.24, 2.45) is 5.92 Å². The van der Waals surface area contributed by atoms with Crippen LogP contribution in [0.1, 0.15) is 25.2 Å². The molecule has 2 aromatic rings. The summed E-state index contributed by atoms with van der Waals surface area (Å²) < 4.78 is 5.64. The molecule has 0 saturated heterocycles. The van der Waals surface area contributed by atoms with Crippen LogP contribution in [0.4, 0.5) is 5.69 Å². The van der Waals surface area contributed by atoms with E-state index in [1.165, 1.54) is 0 Å². The number of benzene rings is 1. The molecule has 0 aliphatic heterocycles. The fraction of sp³-hybridized carbons (Fsp3) is 0.333. The quantitative estimate of drug-likeness (QED) is 0.894. The molecule has 0 spiro atoms. The van der Waals surface area contributed by atoms with Crippen molar-refractivity contribution in [1.82, 2.24) is 9.97 Å². The van der Waals surface area contributed by atoms with Crippen molar-refractivity contribution >= 4 is 5.69 Å². The Morgan fingerprint density at radius 3 is 2.32 bits per heavy atom. The van der Waals surface area contributed by atoms with Gasteiger partial charge in [0.05, 0.1) is 24.7 Å². The van der Waals surface area contributed by atoms with E-state index in [1.54, 1.807) is 12.4 Å². The summed E-state index contributed by atoms with van der Waals surface area (Å²) >= 11 is 0. The average Bonchev–Trinajstić information content (AvgIpc) is 2.40. The molecule has 0 bridgehead atoms. The second kappa shape index (κ2) is 6.18. The lowest BCUT2D eigenvalue weighted by atomic mass is 10.1. The molecular formula is C15H19N3O. The third-order valence-corrected chi connectivity index (χ3v) is 2.59. The zero-order chi connectivity index (χ0) is 13.7. The first-order valence-electron chi connectivity index (χ1n) is 6.41. The Morgan fingerprint density at radius 2 is 1.74 bits per heavy atom. The lowest BCUT2D eigenvalue weighted by Gasteiger charge is -2.09. The van der Waals surface area contributed by atoms with E-state index in [-0.39, 0.29) is 0 Å². The maximum atomic E-state index is 5.64. The number of ether oxygens (including phenoxy) is 1. The standard InChI is InChI=1S/C15H19N3O/c1-11(2)10-19-14-5-3-12(4-6-14)7-15-17-8-13(16)9-18-15/h3-6,8-9,11H,7,10,16H2,1-2H3. The molecule has 0 atom stereocenters.